The number of rotatable bonds is 1. The van der Waals surface area contributed by atoms with Crippen LogP contribution < -0.4 is 0 Å². The van der Waals surface area contributed by atoms with E-state index in [0.717, 1.165) is 0 Å². The van der Waals surface area contributed by atoms with E-state index in [1.54, 1.807) is 19.9 Å². The van der Waals surface area contributed by atoms with E-state index < -0.39 is 11.6 Å². The highest BCUT2D eigenvalue weighted by atomic mass is 16.5. The Kier molecular flexibility index (Phi) is 2.42. The van der Waals surface area contributed by atoms with Gasteiger partial charge in [0.2, 0.25) is 0 Å². The van der Waals surface area contributed by atoms with Gasteiger partial charge in [0.1, 0.15) is 11.4 Å². The molecule has 0 amide bonds. The number of fused-ring (bicyclic) bond motifs is 2. The van der Waals surface area contributed by atoms with Crippen LogP contribution in [-0.4, -0.2) is 30.6 Å². The Morgan fingerprint density at radius 2 is 2.12 bits per heavy atom. The molecule has 1 fully saturated rings. The summed E-state index contributed by atoms with van der Waals surface area (Å²) in [5.41, 5.74) is -0.341. The molecule has 1 saturated heterocycles. The first-order valence-electron chi connectivity index (χ1n) is 5.44. The molecule has 0 spiro atoms. The Labute approximate surface area is 94.6 Å². The first-order chi connectivity index (χ1) is 7.41. The molecular weight excluding hydrogens is 208 g/mol. The van der Waals surface area contributed by atoms with Gasteiger partial charge < -0.3 is 9.47 Å². The van der Waals surface area contributed by atoms with Crippen LogP contribution in [-0.2, 0) is 19.1 Å². The fourth-order valence-electron chi connectivity index (χ4n) is 2.50. The molecule has 0 unspecified atom stereocenters. The van der Waals surface area contributed by atoms with Gasteiger partial charge in [0.25, 0.3) is 0 Å². The van der Waals surface area contributed by atoms with Crippen molar-refractivity contribution in [3.63, 3.8) is 0 Å². The number of ketones is 1. The molecule has 4 atom stereocenters. The van der Waals surface area contributed by atoms with Gasteiger partial charge in [0.05, 0.1) is 18.8 Å². The van der Waals surface area contributed by atoms with Crippen molar-refractivity contribution in [2.24, 2.45) is 11.8 Å². The summed E-state index contributed by atoms with van der Waals surface area (Å²) in [6.07, 6.45) is 1.44. The smallest absolute Gasteiger partial charge is 0.336 e. The Bertz CT molecular complexity index is 384. The van der Waals surface area contributed by atoms with Gasteiger partial charge in [-0.05, 0) is 13.0 Å². The van der Waals surface area contributed by atoms with Gasteiger partial charge in [-0.2, -0.15) is 0 Å². The molecule has 4 nitrogen and oxygen atoms in total. The second-order valence-corrected chi connectivity index (χ2v) is 4.67. The summed E-state index contributed by atoms with van der Waals surface area (Å²) in [7, 11) is 1.34. The maximum Gasteiger partial charge on any atom is 0.336 e. The zero-order chi connectivity index (χ0) is 12.1. The van der Waals surface area contributed by atoms with Gasteiger partial charge in [-0.1, -0.05) is 13.8 Å². The summed E-state index contributed by atoms with van der Waals surface area (Å²) in [4.78, 5) is 23.6. The number of carbonyl (C=O) groups is 2. The minimum absolute atomic E-state index is 0.147. The monoisotopic (exact) mass is 224 g/mol. The number of Topliss-reactive ketones (excluding diaryl/α,β-unsaturated/α-hetero) is 1. The highest BCUT2D eigenvalue weighted by Gasteiger charge is 2.55. The van der Waals surface area contributed by atoms with E-state index >= 15 is 0 Å². The fourth-order valence-corrected chi connectivity index (χ4v) is 2.50. The van der Waals surface area contributed by atoms with Crippen molar-refractivity contribution in [3.05, 3.63) is 11.6 Å². The molecule has 16 heavy (non-hydrogen) atoms. The van der Waals surface area contributed by atoms with Gasteiger partial charge in [-0.3, -0.25) is 4.79 Å². The van der Waals surface area contributed by atoms with Crippen molar-refractivity contribution < 1.29 is 19.1 Å². The van der Waals surface area contributed by atoms with E-state index in [-0.39, 0.29) is 23.7 Å². The third-order valence-corrected chi connectivity index (χ3v) is 3.85. The quantitative estimate of drug-likeness (QED) is 0.626. The van der Waals surface area contributed by atoms with E-state index in [9.17, 15) is 9.59 Å². The number of hydrogen-bond acceptors (Lipinski definition) is 4. The average Bonchev–Trinajstić information content (AvgIpc) is 2.60. The van der Waals surface area contributed by atoms with Gasteiger partial charge in [0.15, 0.2) is 0 Å². The van der Waals surface area contributed by atoms with Crippen LogP contribution in [0.5, 0.6) is 0 Å². The minimum atomic E-state index is -0.818. The number of methoxy groups -OCH3 is 1. The van der Waals surface area contributed by atoms with Crippen LogP contribution in [0.1, 0.15) is 20.8 Å². The molecule has 0 aromatic carbocycles. The van der Waals surface area contributed by atoms with Crippen LogP contribution in [0.15, 0.2) is 11.6 Å². The Morgan fingerprint density at radius 1 is 1.50 bits per heavy atom. The molecule has 0 aliphatic carbocycles. The summed E-state index contributed by atoms with van der Waals surface area (Å²) in [6, 6.07) is 0. The maximum atomic E-state index is 12.0. The fraction of sp³-hybridized carbons (Fsp3) is 0.667. The lowest BCUT2D eigenvalue weighted by Gasteiger charge is -2.39. The molecule has 0 aromatic rings. The zero-order valence-electron chi connectivity index (χ0n) is 9.94. The second-order valence-electron chi connectivity index (χ2n) is 4.67. The normalized spacial score (nSPS) is 41.9. The Morgan fingerprint density at radius 3 is 2.69 bits per heavy atom. The third kappa shape index (κ3) is 1.26. The van der Waals surface area contributed by atoms with Crippen LogP contribution >= 0.6 is 0 Å². The molecule has 2 rings (SSSR count). The zero-order valence-corrected chi connectivity index (χ0v) is 9.94. The molecule has 0 radical (unpaired) electrons. The molecule has 0 N–H and O–H groups in total. The largest absolute Gasteiger partial charge is 0.466 e. The molecule has 0 aromatic heterocycles. The van der Waals surface area contributed by atoms with Crippen LogP contribution in [0, 0.1) is 11.8 Å². The lowest BCUT2D eigenvalue weighted by atomic mass is 9.78. The summed E-state index contributed by atoms with van der Waals surface area (Å²) < 4.78 is 10.5. The number of esters is 1. The predicted molar refractivity (Wildman–Crippen MR) is 56.7 cm³/mol. The Hall–Kier alpha value is -1.16. The first-order valence-corrected chi connectivity index (χ1v) is 5.44. The standard InChI is InChI=1S/C12H16O4/c1-6-9-5-8(11(14)15-4)12(3,16-9)7(2)10(6)13/h5-7,9H,1-4H3/t6-,7-,9+,12+/m1/s1. The van der Waals surface area contributed by atoms with Gasteiger partial charge in [0, 0.05) is 11.8 Å². The summed E-state index contributed by atoms with van der Waals surface area (Å²) in [5, 5.41) is 0. The second kappa shape index (κ2) is 3.42. The summed E-state index contributed by atoms with van der Waals surface area (Å²) in [5.74, 6) is -0.760. The van der Waals surface area contributed by atoms with Crippen molar-refractivity contribution in [1.29, 1.82) is 0 Å². The number of hydrogen-bond donors (Lipinski definition) is 0. The molecule has 2 bridgehead atoms. The lowest BCUT2D eigenvalue weighted by Crippen LogP contribution is -2.50. The van der Waals surface area contributed by atoms with Crippen molar-refractivity contribution in [1.82, 2.24) is 0 Å². The topological polar surface area (TPSA) is 52.6 Å². The van der Waals surface area contributed by atoms with Crippen LogP contribution in [0.4, 0.5) is 0 Å². The van der Waals surface area contributed by atoms with Crippen LogP contribution in [0.2, 0.25) is 0 Å². The predicted octanol–water partition coefficient (Wildman–Crippen LogP) is 1.10. The minimum Gasteiger partial charge on any atom is -0.466 e. The van der Waals surface area contributed by atoms with E-state index in [1.807, 2.05) is 6.92 Å². The SMILES string of the molecule is COC(=O)C1=C[C@@H]2O[C@@]1(C)[C@H](C)C(=O)[C@@H]2C. The van der Waals surface area contributed by atoms with Crippen molar-refractivity contribution in [3.8, 4) is 0 Å². The van der Waals surface area contributed by atoms with Gasteiger partial charge >= 0.3 is 5.97 Å². The number of carbonyl (C=O) groups excluding carboxylic acids is 2. The van der Waals surface area contributed by atoms with Crippen molar-refractivity contribution >= 4 is 11.8 Å². The first kappa shape index (κ1) is 11.3. The van der Waals surface area contributed by atoms with Crippen molar-refractivity contribution in [2.45, 2.75) is 32.5 Å². The molecule has 0 saturated carbocycles. The molecule has 2 aliphatic rings. The van der Waals surface area contributed by atoms with E-state index in [2.05, 4.69) is 0 Å². The third-order valence-electron chi connectivity index (χ3n) is 3.85. The Balaban J connectivity index is 2.44. The summed E-state index contributed by atoms with van der Waals surface area (Å²) >= 11 is 0. The van der Waals surface area contributed by atoms with Gasteiger partial charge in [-0.25, -0.2) is 4.79 Å². The highest BCUT2D eigenvalue weighted by Crippen LogP contribution is 2.45. The van der Waals surface area contributed by atoms with E-state index in [4.69, 9.17) is 9.47 Å². The average molecular weight is 224 g/mol. The van der Waals surface area contributed by atoms with E-state index in [0.29, 0.717) is 5.57 Å². The molecular formula is C12H16O4. The van der Waals surface area contributed by atoms with Crippen LogP contribution in [0.3, 0.4) is 0 Å². The highest BCUT2D eigenvalue weighted by molar-refractivity contribution is 5.96. The molecule has 4 heteroatoms. The maximum absolute atomic E-state index is 12.0. The van der Waals surface area contributed by atoms with Gasteiger partial charge in [-0.15, -0.1) is 0 Å². The molecule has 88 valence electrons. The molecule has 2 aliphatic heterocycles. The molecule has 2 heterocycles. The van der Waals surface area contributed by atoms with E-state index in [1.165, 1.54) is 7.11 Å². The summed E-state index contributed by atoms with van der Waals surface area (Å²) in [6.45, 7) is 5.42. The number of ether oxygens (including phenoxy) is 2. The lowest BCUT2D eigenvalue weighted by molar-refractivity contribution is -0.160. The van der Waals surface area contributed by atoms with Crippen LogP contribution in [0.25, 0.3) is 0 Å². The van der Waals surface area contributed by atoms with Crippen molar-refractivity contribution in [2.75, 3.05) is 7.11 Å².